The van der Waals surface area contributed by atoms with E-state index in [0.29, 0.717) is 5.92 Å². The fraction of sp³-hybridized carbons (Fsp3) is 0.316. The van der Waals surface area contributed by atoms with Crippen LogP contribution in [0.5, 0.6) is 0 Å². The van der Waals surface area contributed by atoms with Gasteiger partial charge in [-0.2, -0.15) is 0 Å². The van der Waals surface area contributed by atoms with Crippen LogP contribution in [0.25, 0.3) is 22.4 Å². The van der Waals surface area contributed by atoms with E-state index < -0.39 is 0 Å². The Morgan fingerprint density at radius 1 is 1.14 bits per heavy atom. The van der Waals surface area contributed by atoms with Crippen molar-refractivity contribution in [2.75, 3.05) is 13.1 Å². The molecule has 2 aromatic carbocycles. The normalized spacial score (nSPS) is 18.1. The summed E-state index contributed by atoms with van der Waals surface area (Å²) in [6, 6.07) is 17.1. The molecule has 0 aliphatic carbocycles. The molecular formula is C19H21N3. The van der Waals surface area contributed by atoms with Crippen LogP contribution in [0.15, 0.2) is 48.5 Å². The summed E-state index contributed by atoms with van der Waals surface area (Å²) < 4.78 is 2.40. The number of aromatic nitrogens is 2. The average Bonchev–Trinajstić information content (AvgIpc) is 3.17. The van der Waals surface area contributed by atoms with Gasteiger partial charge in [0.2, 0.25) is 0 Å². The first-order valence-corrected chi connectivity index (χ1v) is 8.04. The van der Waals surface area contributed by atoms with Gasteiger partial charge in [0.05, 0.1) is 11.0 Å². The first-order chi connectivity index (χ1) is 10.8. The van der Waals surface area contributed by atoms with Gasteiger partial charge in [0.15, 0.2) is 0 Å². The van der Waals surface area contributed by atoms with Crippen LogP contribution in [0.2, 0.25) is 0 Å². The highest BCUT2D eigenvalue weighted by Gasteiger charge is 2.19. The van der Waals surface area contributed by atoms with Crippen molar-refractivity contribution in [1.29, 1.82) is 0 Å². The second-order valence-corrected chi connectivity index (χ2v) is 6.26. The van der Waals surface area contributed by atoms with Crippen LogP contribution >= 0.6 is 0 Å². The minimum atomic E-state index is 0.696. The summed E-state index contributed by atoms with van der Waals surface area (Å²) in [6.07, 6.45) is 1.25. The van der Waals surface area contributed by atoms with Crippen molar-refractivity contribution in [1.82, 2.24) is 14.9 Å². The Balaban J connectivity index is 1.83. The van der Waals surface area contributed by atoms with E-state index >= 15 is 0 Å². The maximum absolute atomic E-state index is 4.90. The SMILES string of the molecule is Cc1ccc(-c2nc3ccccc3n2C[C@@H]2CCNC2)cc1. The first kappa shape index (κ1) is 13.5. The van der Waals surface area contributed by atoms with Gasteiger partial charge in [-0.15, -0.1) is 0 Å². The Bertz CT molecular complexity index is 780. The second-order valence-electron chi connectivity index (χ2n) is 6.26. The lowest BCUT2D eigenvalue weighted by molar-refractivity contribution is 0.492. The van der Waals surface area contributed by atoms with Crippen LogP contribution < -0.4 is 5.32 Å². The van der Waals surface area contributed by atoms with Crippen LogP contribution in [-0.4, -0.2) is 22.6 Å². The quantitative estimate of drug-likeness (QED) is 0.798. The Kier molecular flexibility index (Phi) is 3.43. The topological polar surface area (TPSA) is 29.9 Å². The molecule has 1 atom stereocenters. The molecule has 3 nitrogen and oxygen atoms in total. The van der Waals surface area contributed by atoms with Gasteiger partial charge in [-0.3, -0.25) is 0 Å². The summed E-state index contributed by atoms with van der Waals surface area (Å²) in [5.74, 6) is 1.79. The van der Waals surface area contributed by atoms with Crippen LogP contribution in [0, 0.1) is 12.8 Å². The molecule has 0 bridgehead atoms. The Morgan fingerprint density at radius 3 is 2.73 bits per heavy atom. The number of nitrogens with zero attached hydrogens (tertiary/aromatic N) is 2. The molecule has 112 valence electrons. The molecule has 0 spiro atoms. The van der Waals surface area contributed by atoms with E-state index in [-0.39, 0.29) is 0 Å². The van der Waals surface area contributed by atoms with E-state index in [4.69, 9.17) is 4.98 Å². The molecule has 1 N–H and O–H groups in total. The number of hydrogen-bond acceptors (Lipinski definition) is 2. The lowest BCUT2D eigenvalue weighted by atomic mass is 10.1. The molecule has 0 radical (unpaired) electrons. The number of hydrogen-bond donors (Lipinski definition) is 1. The lowest BCUT2D eigenvalue weighted by Crippen LogP contribution is -2.15. The average molecular weight is 291 g/mol. The zero-order chi connectivity index (χ0) is 14.9. The maximum Gasteiger partial charge on any atom is 0.141 e. The number of rotatable bonds is 3. The molecule has 3 aromatic rings. The molecule has 1 aliphatic rings. The highest BCUT2D eigenvalue weighted by atomic mass is 15.1. The van der Waals surface area contributed by atoms with Crippen molar-refractivity contribution in [2.45, 2.75) is 19.9 Å². The van der Waals surface area contributed by atoms with E-state index in [1.165, 1.54) is 23.1 Å². The fourth-order valence-corrected chi connectivity index (χ4v) is 3.31. The zero-order valence-corrected chi connectivity index (χ0v) is 12.9. The van der Waals surface area contributed by atoms with Crippen molar-refractivity contribution in [3.8, 4) is 11.4 Å². The van der Waals surface area contributed by atoms with Crippen molar-refractivity contribution in [3.63, 3.8) is 0 Å². The number of benzene rings is 2. The van der Waals surface area contributed by atoms with Crippen LogP contribution in [0.4, 0.5) is 0 Å². The summed E-state index contributed by atoms with van der Waals surface area (Å²) in [7, 11) is 0. The van der Waals surface area contributed by atoms with Gasteiger partial charge in [-0.25, -0.2) is 4.98 Å². The van der Waals surface area contributed by atoms with Gasteiger partial charge >= 0.3 is 0 Å². The maximum atomic E-state index is 4.90. The summed E-state index contributed by atoms with van der Waals surface area (Å²) in [5, 5.41) is 3.47. The predicted octanol–water partition coefficient (Wildman–Crippen LogP) is 3.62. The van der Waals surface area contributed by atoms with Crippen LogP contribution in [0.1, 0.15) is 12.0 Å². The number of fused-ring (bicyclic) bond motifs is 1. The van der Waals surface area contributed by atoms with E-state index in [0.717, 1.165) is 31.0 Å². The molecule has 1 aliphatic heterocycles. The van der Waals surface area contributed by atoms with Crippen molar-refractivity contribution in [3.05, 3.63) is 54.1 Å². The van der Waals surface area contributed by atoms with Gasteiger partial charge in [0.25, 0.3) is 0 Å². The summed E-state index contributed by atoms with van der Waals surface area (Å²) in [6.45, 7) is 5.41. The smallest absolute Gasteiger partial charge is 0.141 e. The number of nitrogens with one attached hydrogen (secondary N) is 1. The van der Waals surface area contributed by atoms with Gasteiger partial charge in [0.1, 0.15) is 5.82 Å². The third-order valence-electron chi connectivity index (χ3n) is 4.57. The predicted molar refractivity (Wildman–Crippen MR) is 90.9 cm³/mol. The Morgan fingerprint density at radius 2 is 1.95 bits per heavy atom. The molecule has 4 rings (SSSR count). The lowest BCUT2D eigenvalue weighted by Gasteiger charge is -2.14. The Labute approximate surface area is 131 Å². The molecule has 0 unspecified atom stereocenters. The van der Waals surface area contributed by atoms with Crippen LogP contribution in [-0.2, 0) is 6.54 Å². The molecular weight excluding hydrogens is 270 g/mol. The fourth-order valence-electron chi connectivity index (χ4n) is 3.31. The molecule has 0 saturated carbocycles. The molecule has 22 heavy (non-hydrogen) atoms. The monoisotopic (exact) mass is 291 g/mol. The highest BCUT2D eigenvalue weighted by Crippen LogP contribution is 2.27. The summed E-state index contributed by atoms with van der Waals surface area (Å²) in [5.41, 5.74) is 4.81. The molecule has 3 heteroatoms. The van der Waals surface area contributed by atoms with Gasteiger partial charge in [-0.1, -0.05) is 42.0 Å². The van der Waals surface area contributed by atoms with E-state index in [1.54, 1.807) is 0 Å². The minimum absolute atomic E-state index is 0.696. The van der Waals surface area contributed by atoms with Crippen molar-refractivity contribution >= 4 is 11.0 Å². The first-order valence-electron chi connectivity index (χ1n) is 8.04. The number of imidazole rings is 1. The molecule has 0 amide bonds. The number of para-hydroxylation sites is 2. The van der Waals surface area contributed by atoms with E-state index in [2.05, 4.69) is 65.3 Å². The van der Waals surface area contributed by atoms with Crippen LogP contribution in [0.3, 0.4) is 0 Å². The summed E-state index contributed by atoms with van der Waals surface area (Å²) in [4.78, 5) is 4.90. The number of aryl methyl sites for hydroxylation is 1. The molecule has 1 saturated heterocycles. The molecule has 2 heterocycles. The largest absolute Gasteiger partial charge is 0.324 e. The third-order valence-corrected chi connectivity index (χ3v) is 4.57. The van der Waals surface area contributed by atoms with Gasteiger partial charge < -0.3 is 9.88 Å². The van der Waals surface area contributed by atoms with Crippen molar-refractivity contribution < 1.29 is 0 Å². The highest BCUT2D eigenvalue weighted by molar-refractivity contribution is 5.80. The molecule has 1 fully saturated rings. The third kappa shape index (κ3) is 2.42. The summed E-state index contributed by atoms with van der Waals surface area (Å²) >= 11 is 0. The van der Waals surface area contributed by atoms with Crippen molar-refractivity contribution in [2.24, 2.45) is 5.92 Å². The standard InChI is InChI=1S/C19H21N3/c1-14-6-8-16(9-7-14)19-21-17-4-2-3-5-18(17)22(19)13-15-10-11-20-12-15/h2-9,15,20H,10-13H2,1H3/t15-/m1/s1. The van der Waals surface area contributed by atoms with Gasteiger partial charge in [-0.05, 0) is 44.5 Å². The van der Waals surface area contributed by atoms with E-state index in [1.807, 2.05) is 0 Å². The van der Waals surface area contributed by atoms with E-state index in [9.17, 15) is 0 Å². The second kappa shape index (κ2) is 5.58. The molecule has 1 aromatic heterocycles. The Hall–Kier alpha value is -2.13. The zero-order valence-electron chi connectivity index (χ0n) is 12.9. The van der Waals surface area contributed by atoms with Gasteiger partial charge in [0, 0.05) is 12.1 Å². The minimum Gasteiger partial charge on any atom is -0.324 e.